The van der Waals surface area contributed by atoms with Crippen molar-refractivity contribution in [3.05, 3.63) is 71.8 Å². The van der Waals surface area contributed by atoms with E-state index in [0.717, 1.165) is 25.2 Å². The van der Waals surface area contributed by atoms with Crippen molar-refractivity contribution in [2.24, 2.45) is 0 Å². The Labute approximate surface area is 150 Å². The van der Waals surface area contributed by atoms with Crippen LogP contribution >= 0.6 is 0 Å². The van der Waals surface area contributed by atoms with E-state index in [1.807, 2.05) is 24.3 Å². The minimum atomic E-state index is 0.0969. The lowest BCUT2D eigenvalue weighted by atomic mass is 9.99. The second kappa shape index (κ2) is 8.13. The molecule has 3 nitrogen and oxygen atoms in total. The zero-order valence-corrected chi connectivity index (χ0v) is 15.1. The van der Waals surface area contributed by atoms with Crippen molar-refractivity contribution in [2.75, 3.05) is 25.0 Å². The molecule has 0 spiro atoms. The zero-order valence-electron chi connectivity index (χ0n) is 15.1. The molecule has 2 aromatic rings. The molecule has 1 heterocycles. The van der Waals surface area contributed by atoms with E-state index in [1.165, 1.54) is 21.6 Å². The van der Waals surface area contributed by atoms with Crippen LogP contribution in [-0.2, 0) is 4.79 Å². The van der Waals surface area contributed by atoms with Crippen LogP contribution in [0.1, 0.15) is 37.3 Å². The number of carbonyl (C=O) groups is 1. The van der Waals surface area contributed by atoms with Gasteiger partial charge >= 0.3 is 0 Å². The summed E-state index contributed by atoms with van der Waals surface area (Å²) in [5.41, 5.74) is 4.84. The Morgan fingerprint density at radius 1 is 1.08 bits per heavy atom. The van der Waals surface area contributed by atoms with Crippen molar-refractivity contribution in [1.82, 2.24) is 0 Å². The Hall–Kier alpha value is -2.39. The third kappa shape index (κ3) is 4.58. The molecule has 0 saturated heterocycles. The van der Waals surface area contributed by atoms with Crippen molar-refractivity contribution < 1.29 is 9.69 Å². The Bertz CT molecular complexity index is 750. The monoisotopic (exact) mass is 335 g/mol. The fourth-order valence-electron chi connectivity index (χ4n) is 3.39. The minimum Gasteiger partial charge on any atom is -0.324 e. The van der Waals surface area contributed by atoms with Crippen LogP contribution in [-0.4, -0.2) is 25.5 Å². The minimum absolute atomic E-state index is 0.0969. The van der Waals surface area contributed by atoms with Gasteiger partial charge in [0.1, 0.15) is 0 Å². The number of benzene rings is 2. The SMILES string of the molecule is CC(C)c1ccccc1NC(=O)C[NH+]1CC=C(c2ccccc2)CC1. The van der Waals surface area contributed by atoms with E-state index in [9.17, 15) is 4.79 Å². The zero-order chi connectivity index (χ0) is 17.6. The summed E-state index contributed by atoms with van der Waals surface area (Å²) in [5, 5.41) is 3.10. The highest BCUT2D eigenvalue weighted by molar-refractivity contribution is 5.92. The molecule has 2 N–H and O–H groups in total. The maximum Gasteiger partial charge on any atom is 0.279 e. The van der Waals surface area contributed by atoms with E-state index >= 15 is 0 Å². The van der Waals surface area contributed by atoms with E-state index in [0.29, 0.717) is 12.5 Å². The lowest BCUT2D eigenvalue weighted by Gasteiger charge is -2.23. The average molecular weight is 335 g/mol. The molecule has 1 aliphatic heterocycles. The fraction of sp³-hybridized carbons (Fsp3) is 0.318. The third-order valence-corrected chi connectivity index (χ3v) is 4.80. The number of amides is 1. The summed E-state index contributed by atoms with van der Waals surface area (Å²) in [4.78, 5) is 13.8. The molecule has 3 heteroatoms. The van der Waals surface area contributed by atoms with E-state index in [2.05, 4.69) is 55.6 Å². The third-order valence-electron chi connectivity index (χ3n) is 4.80. The van der Waals surface area contributed by atoms with Gasteiger partial charge in [-0.25, -0.2) is 0 Å². The van der Waals surface area contributed by atoms with Gasteiger partial charge in [-0.2, -0.15) is 0 Å². The summed E-state index contributed by atoms with van der Waals surface area (Å²) in [7, 11) is 0. The van der Waals surface area contributed by atoms with E-state index in [1.54, 1.807) is 0 Å². The largest absolute Gasteiger partial charge is 0.324 e. The number of para-hydroxylation sites is 1. The average Bonchev–Trinajstić information content (AvgIpc) is 2.63. The predicted molar refractivity (Wildman–Crippen MR) is 104 cm³/mol. The molecule has 0 aliphatic carbocycles. The molecule has 1 atom stereocenters. The summed E-state index contributed by atoms with van der Waals surface area (Å²) in [5.74, 6) is 0.495. The summed E-state index contributed by atoms with van der Waals surface area (Å²) < 4.78 is 0. The molecule has 0 radical (unpaired) electrons. The molecule has 3 rings (SSSR count). The van der Waals surface area contributed by atoms with Crippen LogP contribution < -0.4 is 10.2 Å². The summed E-state index contributed by atoms with van der Waals surface area (Å²) in [6.07, 6.45) is 3.30. The first kappa shape index (κ1) is 17.4. The van der Waals surface area contributed by atoms with Crippen LogP contribution in [0.25, 0.3) is 5.57 Å². The van der Waals surface area contributed by atoms with Gasteiger partial charge in [0.15, 0.2) is 6.54 Å². The standard InChI is InChI=1S/C22H26N2O/c1-17(2)20-10-6-7-11-21(20)23-22(25)16-24-14-12-19(13-15-24)18-8-4-3-5-9-18/h3-12,17H,13-16H2,1-2H3,(H,23,25)/p+1. The number of rotatable bonds is 5. The van der Waals surface area contributed by atoms with E-state index < -0.39 is 0 Å². The topological polar surface area (TPSA) is 33.5 Å². The first-order valence-corrected chi connectivity index (χ1v) is 9.10. The highest BCUT2D eigenvalue weighted by Crippen LogP contribution is 2.23. The second-order valence-electron chi connectivity index (χ2n) is 7.02. The van der Waals surface area contributed by atoms with Crippen molar-refractivity contribution in [3.63, 3.8) is 0 Å². The van der Waals surface area contributed by atoms with Crippen molar-refractivity contribution in [1.29, 1.82) is 0 Å². The Morgan fingerprint density at radius 3 is 2.48 bits per heavy atom. The van der Waals surface area contributed by atoms with Gasteiger partial charge in [0.05, 0.1) is 13.1 Å². The lowest BCUT2D eigenvalue weighted by molar-refractivity contribution is -0.886. The molecule has 130 valence electrons. The number of carbonyl (C=O) groups excluding carboxylic acids is 1. The molecule has 1 unspecified atom stereocenters. The molecule has 0 bridgehead atoms. The molecular formula is C22H27N2O+. The van der Waals surface area contributed by atoms with Gasteiger partial charge in [0.25, 0.3) is 5.91 Å². The predicted octanol–water partition coefficient (Wildman–Crippen LogP) is 3.12. The van der Waals surface area contributed by atoms with E-state index in [4.69, 9.17) is 0 Å². The summed E-state index contributed by atoms with van der Waals surface area (Å²) in [6, 6.07) is 18.6. The summed E-state index contributed by atoms with van der Waals surface area (Å²) >= 11 is 0. The van der Waals surface area contributed by atoms with Gasteiger partial charge in [-0.15, -0.1) is 0 Å². The van der Waals surface area contributed by atoms with Gasteiger partial charge in [0.2, 0.25) is 0 Å². The maximum absolute atomic E-state index is 12.5. The molecule has 1 aliphatic rings. The highest BCUT2D eigenvalue weighted by Gasteiger charge is 2.19. The van der Waals surface area contributed by atoms with Crippen LogP contribution in [0.15, 0.2) is 60.7 Å². The normalized spacial score (nSPS) is 17.2. The Balaban J connectivity index is 1.57. The summed E-state index contributed by atoms with van der Waals surface area (Å²) in [6.45, 7) is 6.72. The van der Waals surface area contributed by atoms with Crippen molar-refractivity contribution in [3.8, 4) is 0 Å². The van der Waals surface area contributed by atoms with Crippen molar-refractivity contribution in [2.45, 2.75) is 26.2 Å². The number of hydrogen-bond acceptors (Lipinski definition) is 1. The van der Waals surface area contributed by atoms with Crippen LogP contribution in [0.2, 0.25) is 0 Å². The fourth-order valence-corrected chi connectivity index (χ4v) is 3.39. The molecular weight excluding hydrogens is 308 g/mol. The van der Waals surface area contributed by atoms with Gasteiger partial charge in [-0.05, 0) is 34.8 Å². The quantitative estimate of drug-likeness (QED) is 0.865. The number of quaternary nitrogens is 1. The highest BCUT2D eigenvalue weighted by atomic mass is 16.2. The number of nitrogens with one attached hydrogen (secondary N) is 2. The van der Waals surface area contributed by atoms with Gasteiger partial charge in [-0.3, -0.25) is 4.79 Å². The van der Waals surface area contributed by atoms with Crippen LogP contribution in [0, 0.1) is 0 Å². The molecule has 0 fully saturated rings. The lowest BCUT2D eigenvalue weighted by Crippen LogP contribution is -3.13. The molecule has 1 amide bonds. The number of hydrogen-bond donors (Lipinski definition) is 2. The van der Waals surface area contributed by atoms with Crippen LogP contribution in [0.3, 0.4) is 0 Å². The van der Waals surface area contributed by atoms with Crippen LogP contribution in [0.5, 0.6) is 0 Å². The Morgan fingerprint density at radius 2 is 1.80 bits per heavy atom. The van der Waals surface area contributed by atoms with E-state index in [-0.39, 0.29) is 5.91 Å². The Kier molecular flexibility index (Phi) is 5.67. The van der Waals surface area contributed by atoms with Gasteiger partial charge < -0.3 is 10.2 Å². The first-order chi connectivity index (χ1) is 12.1. The maximum atomic E-state index is 12.5. The molecule has 25 heavy (non-hydrogen) atoms. The van der Waals surface area contributed by atoms with Crippen LogP contribution in [0.4, 0.5) is 5.69 Å². The smallest absolute Gasteiger partial charge is 0.279 e. The molecule has 2 aromatic carbocycles. The second-order valence-corrected chi connectivity index (χ2v) is 7.02. The molecule has 0 aromatic heterocycles. The van der Waals surface area contributed by atoms with Gasteiger partial charge in [0, 0.05) is 12.1 Å². The van der Waals surface area contributed by atoms with Crippen molar-refractivity contribution >= 4 is 17.2 Å². The number of anilines is 1. The first-order valence-electron chi connectivity index (χ1n) is 9.10. The molecule has 0 saturated carbocycles. The van der Waals surface area contributed by atoms with Gasteiger partial charge in [-0.1, -0.05) is 62.4 Å².